The fourth-order valence-corrected chi connectivity index (χ4v) is 3.49. The van der Waals surface area contributed by atoms with Crippen molar-refractivity contribution in [2.75, 3.05) is 20.2 Å². The zero-order valence-corrected chi connectivity index (χ0v) is 13.7. The number of para-hydroxylation sites is 1. The predicted octanol–water partition coefficient (Wildman–Crippen LogP) is 2.98. The minimum Gasteiger partial charge on any atom is -0.496 e. The predicted molar refractivity (Wildman–Crippen MR) is 88.2 cm³/mol. The van der Waals surface area contributed by atoms with Gasteiger partial charge >= 0.3 is 0 Å². The van der Waals surface area contributed by atoms with Crippen LogP contribution in [0.1, 0.15) is 36.1 Å². The van der Waals surface area contributed by atoms with Crippen molar-refractivity contribution >= 4 is 0 Å². The molecule has 118 valence electrons. The number of ether oxygens (including phenoxy) is 1. The Morgan fingerprint density at radius 2 is 2.14 bits per heavy atom. The highest BCUT2D eigenvalue weighted by Crippen LogP contribution is 2.34. The number of aromatic nitrogens is 2. The van der Waals surface area contributed by atoms with Gasteiger partial charge in [-0.25, -0.2) is 0 Å². The lowest BCUT2D eigenvalue weighted by molar-refractivity contribution is 0.324. The lowest BCUT2D eigenvalue weighted by Crippen LogP contribution is -2.20. The molecule has 0 spiro atoms. The quantitative estimate of drug-likeness (QED) is 0.850. The fraction of sp³-hybridized carbons (Fsp3) is 0.500. The Hall–Kier alpha value is -1.81. The monoisotopic (exact) mass is 299 g/mol. The number of aryl methyl sites for hydroxylation is 2. The van der Waals surface area contributed by atoms with Gasteiger partial charge in [0.25, 0.3) is 0 Å². The number of benzene rings is 1. The summed E-state index contributed by atoms with van der Waals surface area (Å²) in [5.41, 5.74) is 3.93. The Kier molecular flexibility index (Phi) is 4.48. The van der Waals surface area contributed by atoms with Crippen LogP contribution in [0.15, 0.2) is 30.5 Å². The average Bonchev–Trinajstić information content (AvgIpc) is 3.14. The summed E-state index contributed by atoms with van der Waals surface area (Å²) in [6.45, 7) is 5.41. The molecule has 0 aliphatic carbocycles. The normalized spacial score (nSPS) is 18.8. The molecule has 0 bridgehead atoms. The van der Waals surface area contributed by atoms with E-state index in [-0.39, 0.29) is 0 Å². The van der Waals surface area contributed by atoms with Crippen molar-refractivity contribution in [2.45, 2.75) is 32.2 Å². The fourth-order valence-electron chi connectivity index (χ4n) is 3.49. The van der Waals surface area contributed by atoms with E-state index in [2.05, 4.69) is 41.3 Å². The molecule has 1 aromatic heterocycles. The molecule has 3 rings (SSSR count). The van der Waals surface area contributed by atoms with E-state index < -0.39 is 0 Å². The van der Waals surface area contributed by atoms with Crippen LogP contribution in [0.3, 0.4) is 0 Å². The van der Waals surface area contributed by atoms with Crippen LogP contribution in [0.4, 0.5) is 0 Å². The highest BCUT2D eigenvalue weighted by atomic mass is 16.5. The summed E-state index contributed by atoms with van der Waals surface area (Å²) in [7, 11) is 3.76. The first-order valence-corrected chi connectivity index (χ1v) is 8.08. The van der Waals surface area contributed by atoms with Crippen LogP contribution in [0, 0.1) is 0 Å². The van der Waals surface area contributed by atoms with E-state index in [1.807, 2.05) is 17.8 Å². The third-order valence-electron chi connectivity index (χ3n) is 4.57. The smallest absolute Gasteiger partial charge is 0.122 e. The standard InChI is InChI=1S/C18H25N3O/c1-4-17-15(11-20(2)19-17)13-21-10-9-14(12-21)16-7-5-6-8-18(16)22-3/h5-8,11,14H,4,9-10,12-13H2,1-3H3. The van der Waals surface area contributed by atoms with Crippen LogP contribution < -0.4 is 4.74 Å². The third kappa shape index (κ3) is 3.02. The maximum atomic E-state index is 5.52. The van der Waals surface area contributed by atoms with Gasteiger partial charge in [0, 0.05) is 37.8 Å². The third-order valence-corrected chi connectivity index (χ3v) is 4.57. The molecule has 1 unspecified atom stereocenters. The van der Waals surface area contributed by atoms with E-state index in [9.17, 15) is 0 Å². The molecule has 0 N–H and O–H groups in total. The molecule has 1 aliphatic heterocycles. The van der Waals surface area contributed by atoms with Crippen molar-refractivity contribution in [3.05, 3.63) is 47.3 Å². The lowest BCUT2D eigenvalue weighted by Gasteiger charge is -2.17. The molecular weight excluding hydrogens is 274 g/mol. The van der Waals surface area contributed by atoms with Gasteiger partial charge in [0.15, 0.2) is 0 Å². The van der Waals surface area contributed by atoms with E-state index in [1.165, 1.54) is 23.2 Å². The average molecular weight is 299 g/mol. The van der Waals surface area contributed by atoms with Crippen molar-refractivity contribution < 1.29 is 4.74 Å². The lowest BCUT2D eigenvalue weighted by atomic mass is 9.97. The minimum atomic E-state index is 0.567. The van der Waals surface area contributed by atoms with Crippen LogP contribution in [-0.2, 0) is 20.0 Å². The summed E-state index contributed by atoms with van der Waals surface area (Å²) >= 11 is 0. The SMILES string of the molecule is CCc1nn(C)cc1CN1CCC(c2ccccc2OC)C1. The van der Waals surface area contributed by atoms with Crippen LogP contribution >= 0.6 is 0 Å². The first kappa shape index (κ1) is 15.1. The van der Waals surface area contributed by atoms with Crippen LogP contribution in [0.25, 0.3) is 0 Å². The molecule has 0 radical (unpaired) electrons. The maximum absolute atomic E-state index is 5.52. The maximum Gasteiger partial charge on any atom is 0.122 e. The molecule has 0 saturated carbocycles. The van der Waals surface area contributed by atoms with Crippen molar-refractivity contribution in [3.63, 3.8) is 0 Å². The van der Waals surface area contributed by atoms with Gasteiger partial charge in [0.2, 0.25) is 0 Å². The van der Waals surface area contributed by atoms with E-state index in [0.29, 0.717) is 5.92 Å². The number of likely N-dealkylation sites (tertiary alicyclic amines) is 1. The van der Waals surface area contributed by atoms with Crippen molar-refractivity contribution in [3.8, 4) is 5.75 Å². The van der Waals surface area contributed by atoms with Gasteiger partial charge in [-0.3, -0.25) is 9.58 Å². The summed E-state index contributed by atoms with van der Waals surface area (Å²) in [5, 5.41) is 4.55. The summed E-state index contributed by atoms with van der Waals surface area (Å²) in [5.74, 6) is 1.59. The second-order valence-electron chi connectivity index (χ2n) is 6.09. The second kappa shape index (κ2) is 6.53. The summed E-state index contributed by atoms with van der Waals surface area (Å²) in [6, 6.07) is 8.41. The number of hydrogen-bond donors (Lipinski definition) is 0. The van der Waals surface area contributed by atoms with Crippen LogP contribution in [0.5, 0.6) is 5.75 Å². The summed E-state index contributed by atoms with van der Waals surface area (Å²) in [4.78, 5) is 2.54. The molecule has 22 heavy (non-hydrogen) atoms. The summed E-state index contributed by atoms with van der Waals surface area (Å²) < 4.78 is 7.45. The Morgan fingerprint density at radius 1 is 1.32 bits per heavy atom. The van der Waals surface area contributed by atoms with E-state index >= 15 is 0 Å². The van der Waals surface area contributed by atoms with Crippen LogP contribution in [-0.4, -0.2) is 34.9 Å². The molecule has 1 saturated heterocycles. The van der Waals surface area contributed by atoms with E-state index in [4.69, 9.17) is 4.74 Å². The molecule has 1 aliphatic rings. The van der Waals surface area contributed by atoms with Crippen molar-refractivity contribution in [1.29, 1.82) is 0 Å². The van der Waals surface area contributed by atoms with E-state index in [1.54, 1.807) is 7.11 Å². The topological polar surface area (TPSA) is 30.3 Å². The molecule has 4 heteroatoms. The molecule has 0 amide bonds. The Balaban J connectivity index is 1.69. The minimum absolute atomic E-state index is 0.567. The Labute approximate surface area is 132 Å². The number of nitrogens with zero attached hydrogens (tertiary/aromatic N) is 3. The Morgan fingerprint density at radius 3 is 2.91 bits per heavy atom. The first-order valence-electron chi connectivity index (χ1n) is 8.08. The molecular formula is C18H25N3O. The number of rotatable bonds is 5. The van der Waals surface area contributed by atoms with Crippen molar-refractivity contribution in [1.82, 2.24) is 14.7 Å². The van der Waals surface area contributed by atoms with Gasteiger partial charge in [-0.15, -0.1) is 0 Å². The number of methoxy groups -OCH3 is 1. The van der Waals surface area contributed by atoms with E-state index in [0.717, 1.165) is 31.8 Å². The molecule has 1 atom stereocenters. The van der Waals surface area contributed by atoms with Gasteiger partial charge < -0.3 is 4.74 Å². The molecule has 4 nitrogen and oxygen atoms in total. The zero-order valence-electron chi connectivity index (χ0n) is 13.7. The van der Waals surface area contributed by atoms with Gasteiger partial charge in [-0.2, -0.15) is 5.10 Å². The molecule has 2 aromatic rings. The highest BCUT2D eigenvalue weighted by Gasteiger charge is 2.26. The van der Waals surface area contributed by atoms with Gasteiger partial charge in [0.05, 0.1) is 12.8 Å². The molecule has 2 heterocycles. The molecule has 1 fully saturated rings. The van der Waals surface area contributed by atoms with Gasteiger partial charge in [0.1, 0.15) is 5.75 Å². The molecule has 1 aromatic carbocycles. The van der Waals surface area contributed by atoms with Gasteiger partial charge in [-0.1, -0.05) is 25.1 Å². The first-order chi connectivity index (χ1) is 10.7. The van der Waals surface area contributed by atoms with Crippen LogP contribution in [0.2, 0.25) is 0 Å². The Bertz CT molecular complexity index is 635. The number of hydrogen-bond acceptors (Lipinski definition) is 3. The second-order valence-corrected chi connectivity index (χ2v) is 6.09. The largest absolute Gasteiger partial charge is 0.496 e. The van der Waals surface area contributed by atoms with Gasteiger partial charge in [-0.05, 0) is 31.0 Å². The highest BCUT2D eigenvalue weighted by molar-refractivity contribution is 5.37. The van der Waals surface area contributed by atoms with Crippen molar-refractivity contribution in [2.24, 2.45) is 7.05 Å². The summed E-state index contributed by atoms with van der Waals surface area (Å²) in [6.07, 6.45) is 4.36. The zero-order chi connectivity index (χ0) is 15.5.